The zero-order valence-electron chi connectivity index (χ0n) is 28.9. The van der Waals surface area contributed by atoms with Gasteiger partial charge in [-0.05, 0) is 84.7 Å². The topological polar surface area (TPSA) is 36.9 Å². The fourth-order valence-electron chi connectivity index (χ4n) is 5.85. The third-order valence-corrected chi connectivity index (χ3v) is 17.4. The van der Waals surface area contributed by atoms with Crippen LogP contribution in [0.25, 0.3) is 0 Å². The quantitative estimate of drug-likeness (QED) is 0.0456. The van der Waals surface area contributed by atoms with Crippen molar-refractivity contribution < 1.29 is 18.0 Å². The maximum atomic E-state index is 6.53. The minimum atomic E-state index is -2.49. The first-order valence-electron chi connectivity index (χ1n) is 16.9. The molecule has 256 valence electrons. The van der Waals surface area contributed by atoms with Crippen molar-refractivity contribution in [1.29, 1.82) is 0 Å². The second-order valence-electron chi connectivity index (χ2n) is 11.7. The molecule has 5 aromatic rings. The molecule has 49 heavy (non-hydrogen) atoms. The summed E-state index contributed by atoms with van der Waals surface area (Å²) in [5, 5.41) is 5.58. The van der Waals surface area contributed by atoms with Crippen LogP contribution in [0.2, 0.25) is 6.04 Å². The number of benzene rings is 5. The van der Waals surface area contributed by atoms with Gasteiger partial charge in [-0.3, -0.25) is 0 Å². The van der Waals surface area contributed by atoms with Gasteiger partial charge in [0.2, 0.25) is 0 Å². The van der Waals surface area contributed by atoms with Crippen molar-refractivity contribution in [3.63, 3.8) is 0 Å². The molecule has 0 spiro atoms. The molecule has 8 heteroatoms. The van der Waals surface area contributed by atoms with Crippen LogP contribution in [0.3, 0.4) is 0 Å². The average Bonchev–Trinajstić information content (AvgIpc) is 3.17. The van der Waals surface area contributed by atoms with Crippen molar-refractivity contribution in [3.8, 4) is 5.75 Å². The fraction of sp³-hybridized carbons (Fsp3) is 0.268. The lowest BCUT2D eigenvalue weighted by Gasteiger charge is -2.24. The van der Waals surface area contributed by atoms with Gasteiger partial charge in [0.05, 0.1) is 6.61 Å². The number of thioether (sulfide) groups is 1. The normalized spacial score (nSPS) is 11.7. The van der Waals surface area contributed by atoms with Crippen LogP contribution in [0.1, 0.15) is 24.0 Å². The molecule has 0 aliphatic heterocycles. The van der Waals surface area contributed by atoms with Crippen molar-refractivity contribution in [2.75, 3.05) is 39.4 Å². The molecule has 0 amide bonds. The summed E-state index contributed by atoms with van der Waals surface area (Å²) in [6.07, 6.45) is 3.93. The Morgan fingerprint density at radius 1 is 0.510 bits per heavy atom. The highest BCUT2D eigenvalue weighted by molar-refractivity contribution is 7.99. The highest BCUT2D eigenvalue weighted by atomic mass is 32.2. The van der Waals surface area contributed by atoms with Gasteiger partial charge in [0.25, 0.3) is 0 Å². The Bertz CT molecular complexity index is 1450. The third kappa shape index (κ3) is 11.4. The number of rotatable bonds is 20. The van der Waals surface area contributed by atoms with Gasteiger partial charge in [0.15, 0.2) is 0 Å². The first-order valence-corrected chi connectivity index (χ1v) is 23.0. The number of ether oxygens (including phenoxy) is 1. The van der Waals surface area contributed by atoms with Crippen molar-refractivity contribution >= 4 is 57.6 Å². The number of hydrogen-bond acceptors (Lipinski definition) is 5. The van der Waals surface area contributed by atoms with E-state index in [9.17, 15) is 0 Å². The molecule has 0 N–H and O–H groups in total. The SMILES string of the molecule is CO[Si](CCCSCCCOc1cc(CP(c2ccccc2)c2ccccc2)cc(CP(c2ccccc2)c2ccccc2)c1)(OC)OC. The standard InChI is InChI=1S/C41H48O4P2SSi/c1-42-49(43-2,44-3)29-17-28-48-27-16-26-45-37-31-35(33-46(38-18-8-4-9-19-38)39-20-10-5-11-21-39)30-36(32-37)34-47(40-22-12-6-13-23-40)41-24-14-7-15-25-41/h4-15,18-25,30-32H,16-17,26-29,33-34H2,1-3H3. The first kappa shape index (κ1) is 37.5. The summed E-state index contributed by atoms with van der Waals surface area (Å²) in [7, 11) is 1.40. The molecule has 0 atom stereocenters. The molecular formula is C41H48O4P2SSi. The van der Waals surface area contributed by atoms with Crippen LogP contribution in [0.4, 0.5) is 0 Å². The molecule has 0 aliphatic carbocycles. The van der Waals surface area contributed by atoms with Gasteiger partial charge in [-0.1, -0.05) is 127 Å². The lowest BCUT2D eigenvalue weighted by molar-refractivity contribution is 0.123. The van der Waals surface area contributed by atoms with E-state index in [4.69, 9.17) is 18.0 Å². The van der Waals surface area contributed by atoms with Crippen LogP contribution < -0.4 is 26.0 Å². The highest BCUT2D eigenvalue weighted by Gasteiger charge is 2.36. The van der Waals surface area contributed by atoms with Crippen LogP contribution in [-0.2, 0) is 25.6 Å². The Morgan fingerprint density at radius 2 is 0.898 bits per heavy atom. The van der Waals surface area contributed by atoms with Crippen LogP contribution >= 0.6 is 27.6 Å². The molecule has 4 nitrogen and oxygen atoms in total. The summed E-state index contributed by atoms with van der Waals surface area (Å²) in [4.78, 5) is 0. The van der Waals surface area contributed by atoms with Gasteiger partial charge in [-0.15, -0.1) is 0 Å². The summed E-state index contributed by atoms with van der Waals surface area (Å²) in [5.74, 6) is 3.07. The number of hydrogen-bond donors (Lipinski definition) is 0. The van der Waals surface area contributed by atoms with E-state index in [0.717, 1.165) is 48.5 Å². The third-order valence-electron chi connectivity index (χ3n) is 8.39. The van der Waals surface area contributed by atoms with Crippen molar-refractivity contribution in [3.05, 3.63) is 151 Å². The molecule has 0 saturated heterocycles. The van der Waals surface area contributed by atoms with Crippen LogP contribution in [0.15, 0.2) is 140 Å². The summed E-state index contributed by atoms with van der Waals surface area (Å²) in [6, 6.07) is 51.8. The molecule has 5 rings (SSSR count). The molecule has 0 radical (unpaired) electrons. The monoisotopic (exact) mass is 726 g/mol. The Labute approximate surface area is 301 Å². The van der Waals surface area contributed by atoms with E-state index in [0.29, 0.717) is 6.61 Å². The molecule has 5 aromatic carbocycles. The predicted octanol–water partition coefficient (Wildman–Crippen LogP) is 8.72. The van der Waals surface area contributed by atoms with E-state index < -0.39 is 24.6 Å². The summed E-state index contributed by atoms with van der Waals surface area (Å²) in [5.41, 5.74) is 2.66. The van der Waals surface area contributed by atoms with E-state index in [2.05, 4.69) is 140 Å². The van der Waals surface area contributed by atoms with Crippen molar-refractivity contribution in [2.24, 2.45) is 0 Å². The largest absolute Gasteiger partial charge is 0.500 e. The molecule has 0 unspecified atom stereocenters. The van der Waals surface area contributed by atoms with Gasteiger partial charge in [0, 0.05) is 39.7 Å². The van der Waals surface area contributed by atoms with Crippen LogP contribution in [0.5, 0.6) is 5.75 Å². The van der Waals surface area contributed by atoms with E-state index in [1.54, 1.807) is 21.3 Å². The minimum Gasteiger partial charge on any atom is -0.494 e. The average molecular weight is 727 g/mol. The van der Waals surface area contributed by atoms with Gasteiger partial charge in [0.1, 0.15) is 5.75 Å². The van der Waals surface area contributed by atoms with Gasteiger partial charge >= 0.3 is 8.80 Å². The van der Waals surface area contributed by atoms with Crippen LogP contribution in [0, 0.1) is 0 Å². The molecule has 0 fully saturated rings. The molecule has 0 heterocycles. The van der Waals surface area contributed by atoms with E-state index >= 15 is 0 Å². The molecular weight excluding hydrogens is 679 g/mol. The predicted molar refractivity (Wildman–Crippen MR) is 216 cm³/mol. The molecule has 0 aromatic heterocycles. The van der Waals surface area contributed by atoms with Crippen molar-refractivity contribution in [1.82, 2.24) is 0 Å². The van der Waals surface area contributed by atoms with Gasteiger partial charge in [-0.25, -0.2) is 0 Å². The maximum Gasteiger partial charge on any atom is 0.500 e. The second-order valence-corrected chi connectivity index (χ2v) is 20.4. The van der Waals surface area contributed by atoms with Gasteiger partial charge < -0.3 is 18.0 Å². The molecule has 0 bridgehead atoms. The Hall–Kier alpha value is -2.79. The summed E-state index contributed by atoms with van der Waals surface area (Å²) >= 11 is 1.95. The molecule has 0 aliphatic rings. The smallest absolute Gasteiger partial charge is 0.494 e. The van der Waals surface area contributed by atoms with Crippen molar-refractivity contribution in [2.45, 2.75) is 31.2 Å². The zero-order valence-corrected chi connectivity index (χ0v) is 32.5. The van der Waals surface area contributed by atoms with E-state index in [-0.39, 0.29) is 0 Å². The maximum absolute atomic E-state index is 6.53. The van der Waals surface area contributed by atoms with E-state index in [1.807, 2.05) is 11.8 Å². The molecule has 0 saturated carbocycles. The zero-order chi connectivity index (χ0) is 34.2. The summed E-state index contributed by atoms with van der Waals surface area (Å²) in [6.45, 7) is 0.695. The lowest BCUT2D eigenvalue weighted by atomic mass is 10.1. The summed E-state index contributed by atoms with van der Waals surface area (Å²) < 4.78 is 23.2. The van der Waals surface area contributed by atoms with Crippen LogP contribution in [-0.4, -0.2) is 48.2 Å². The Balaban J connectivity index is 1.33. The lowest BCUT2D eigenvalue weighted by Crippen LogP contribution is -2.42. The minimum absolute atomic E-state index is 0.575. The first-order chi connectivity index (χ1) is 24.1. The Morgan fingerprint density at radius 3 is 1.29 bits per heavy atom. The Kier molecular flexibility index (Phi) is 15.4. The highest BCUT2D eigenvalue weighted by Crippen LogP contribution is 2.42. The fourth-order valence-corrected chi connectivity index (χ4v) is 13.3. The second kappa shape index (κ2) is 20.2. The van der Waals surface area contributed by atoms with Gasteiger partial charge in [-0.2, -0.15) is 11.8 Å². The van der Waals surface area contributed by atoms with E-state index in [1.165, 1.54) is 32.3 Å².